The third-order valence-corrected chi connectivity index (χ3v) is 2.95. The molecule has 0 fully saturated rings. The molecule has 1 nitrogen and oxygen atoms in total. The second-order valence-electron chi connectivity index (χ2n) is 6.23. The van der Waals surface area contributed by atoms with Crippen molar-refractivity contribution in [2.24, 2.45) is 5.41 Å². The van der Waals surface area contributed by atoms with Crippen molar-refractivity contribution >= 4 is 0 Å². The Morgan fingerprint density at radius 1 is 1.21 bits per heavy atom. The van der Waals surface area contributed by atoms with E-state index in [9.17, 15) is 0 Å². The first-order valence-corrected chi connectivity index (χ1v) is 6.95. The van der Waals surface area contributed by atoms with Crippen molar-refractivity contribution in [2.75, 3.05) is 0 Å². The van der Waals surface area contributed by atoms with Crippen LogP contribution in [0.2, 0.25) is 0 Å². The van der Waals surface area contributed by atoms with E-state index in [1.54, 1.807) is 0 Å². The highest BCUT2D eigenvalue weighted by atomic mass is 16.5. The summed E-state index contributed by atoms with van der Waals surface area (Å²) in [7, 11) is 0. The van der Waals surface area contributed by atoms with E-state index in [0.717, 1.165) is 30.6 Å². The van der Waals surface area contributed by atoms with Gasteiger partial charge in [-0.15, -0.1) is 0 Å². The van der Waals surface area contributed by atoms with Gasteiger partial charge in [-0.2, -0.15) is 0 Å². The highest BCUT2D eigenvalue weighted by Gasteiger charge is 2.19. The van der Waals surface area contributed by atoms with Gasteiger partial charge in [-0.05, 0) is 36.5 Å². The fraction of sp³-hybridized carbons (Fsp3) is 0.444. The van der Waals surface area contributed by atoms with Gasteiger partial charge >= 0.3 is 0 Å². The Labute approximate surface area is 116 Å². The summed E-state index contributed by atoms with van der Waals surface area (Å²) in [5, 5.41) is 0. The van der Waals surface area contributed by atoms with Crippen LogP contribution in [-0.2, 0) is 4.74 Å². The molecule has 1 heteroatoms. The lowest BCUT2D eigenvalue weighted by atomic mass is 9.90. The van der Waals surface area contributed by atoms with Crippen molar-refractivity contribution in [3.8, 4) is 11.8 Å². The summed E-state index contributed by atoms with van der Waals surface area (Å²) < 4.78 is 5.97. The standard InChI is InChI=1S/C18H22O/c1-18(2,3)14-17-11-7-10-16(19-17)13-12-15-8-5-4-6-9-15/h4-6,8-9,11,16H,7,10,14H2,1-3H3. The van der Waals surface area contributed by atoms with Gasteiger partial charge < -0.3 is 4.74 Å². The molecule has 0 aromatic heterocycles. The third kappa shape index (κ3) is 4.83. The maximum atomic E-state index is 5.97. The van der Waals surface area contributed by atoms with E-state index in [1.807, 2.05) is 30.3 Å². The predicted octanol–water partition coefficient (Wildman–Crippen LogP) is 4.54. The molecule has 1 aliphatic heterocycles. The molecule has 1 aromatic rings. The second-order valence-corrected chi connectivity index (χ2v) is 6.23. The largest absolute Gasteiger partial charge is 0.482 e. The molecule has 0 radical (unpaired) electrons. The first kappa shape index (κ1) is 13.7. The lowest BCUT2D eigenvalue weighted by Gasteiger charge is -2.26. The summed E-state index contributed by atoms with van der Waals surface area (Å²) in [4.78, 5) is 0. The van der Waals surface area contributed by atoms with E-state index >= 15 is 0 Å². The molecule has 1 aromatic carbocycles. The minimum absolute atomic E-state index is 0.0440. The Bertz CT molecular complexity index is 494. The summed E-state index contributed by atoms with van der Waals surface area (Å²) in [5.74, 6) is 7.54. The van der Waals surface area contributed by atoms with Gasteiger partial charge in [0.1, 0.15) is 0 Å². The van der Waals surface area contributed by atoms with Crippen molar-refractivity contribution in [2.45, 2.75) is 46.1 Å². The molecule has 0 amide bonds. The zero-order valence-corrected chi connectivity index (χ0v) is 12.1. The Kier molecular flexibility index (Phi) is 4.32. The van der Waals surface area contributed by atoms with Crippen molar-refractivity contribution in [1.82, 2.24) is 0 Å². The Balaban J connectivity index is 1.98. The van der Waals surface area contributed by atoms with Gasteiger partial charge in [-0.1, -0.05) is 50.8 Å². The third-order valence-electron chi connectivity index (χ3n) is 2.95. The summed E-state index contributed by atoms with van der Waals surface area (Å²) >= 11 is 0. The van der Waals surface area contributed by atoms with Crippen LogP contribution in [0, 0.1) is 17.3 Å². The van der Waals surface area contributed by atoms with Crippen LogP contribution in [0.5, 0.6) is 0 Å². The number of ether oxygens (including phenoxy) is 1. The molecule has 0 saturated heterocycles. The monoisotopic (exact) mass is 254 g/mol. The molecule has 0 aliphatic carbocycles. The molecule has 1 aliphatic rings. The fourth-order valence-corrected chi connectivity index (χ4v) is 2.11. The molecule has 0 bridgehead atoms. The summed E-state index contributed by atoms with van der Waals surface area (Å²) in [5.41, 5.74) is 1.32. The van der Waals surface area contributed by atoms with Crippen molar-refractivity contribution in [3.63, 3.8) is 0 Å². The van der Waals surface area contributed by atoms with Crippen molar-refractivity contribution in [3.05, 3.63) is 47.7 Å². The van der Waals surface area contributed by atoms with Crippen molar-refractivity contribution in [1.29, 1.82) is 0 Å². The summed E-state index contributed by atoms with van der Waals surface area (Å²) in [6.45, 7) is 6.70. The van der Waals surface area contributed by atoms with Crippen LogP contribution in [0.25, 0.3) is 0 Å². The first-order valence-electron chi connectivity index (χ1n) is 6.95. The molecule has 1 unspecified atom stereocenters. The first-order chi connectivity index (χ1) is 9.03. The van der Waals surface area contributed by atoms with E-state index < -0.39 is 0 Å². The maximum Gasteiger partial charge on any atom is 0.159 e. The van der Waals surface area contributed by atoms with Gasteiger partial charge in [0.25, 0.3) is 0 Å². The molecule has 0 spiro atoms. The van der Waals surface area contributed by atoms with E-state index in [1.165, 1.54) is 0 Å². The van der Waals surface area contributed by atoms with Crippen LogP contribution in [0.4, 0.5) is 0 Å². The van der Waals surface area contributed by atoms with E-state index in [4.69, 9.17) is 4.74 Å². The number of allylic oxidation sites excluding steroid dienone is 2. The van der Waals surface area contributed by atoms with Crippen LogP contribution in [-0.4, -0.2) is 6.10 Å². The lowest BCUT2D eigenvalue weighted by Crippen LogP contribution is -2.18. The van der Waals surface area contributed by atoms with E-state index in [-0.39, 0.29) is 11.5 Å². The van der Waals surface area contributed by atoms with Gasteiger partial charge in [-0.25, -0.2) is 0 Å². The van der Waals surface area contributed by atoms with Gasteiger partial charge in [0.15, 0.2) is 6.10 Å². The molecule has 1 heterocycles. The van der Waals surface area contributed by atoms with Crippen LogP contribution in [0.15, 0.2) is 42.2 Å². The minimum atomic E-state index is 0.0440. The Hall–Kier alpha value is -1.68. The Morgan fingerprint density at radius 3 is 2.63 bits per heavy atom. The van der Waals surface area contributed by atoms with Crippen LogP contribution in [0.3, 0.4) is 0 Å². The average Bonchev–Trinajstić information content (AvgIpc) is 2.36. The molecule has 100 valence electrons. The molecular weight excluding hydrogens is 232 g/mol. The highest BCUT2D eigenvalue weighted by Crippen LogP contribution is 2.28. The molecule has 2 rings (SSSR count). The van der Waals surface area contributed by atoms with E-state index in [0.29, 0.717) is 0 Å². The molecule has 0 saturated carbocycles. The number of hydrogen-bond acceptors (Lipinski definition) is 1. The van der Waals surface area contributed by atoms with Crippen molar-refractivity contribution < 1.29 is 4.74 Å². The van der Waals surface area contributed by atoms with Crippen LogP contribution >= 0.6 is 0 Å². The average molecular weight is 254 g/mol. The highest BCUT2D eigenvalue weighted by molar-refractivity contribution is 5.34. The van der Waals surface area contributed by atoms with Crippen LogP contribution in [0.1, 0.15) is 45.6 Å². The normalized spacial score (nSPS) is 18.9. The zero-order chi connectivity index (χ0) is 13.7. The summed E-state index contributed by atoms with van der Waals surface area (Å²) in [6.07, 6.45) is 5.30. The molecule has 0 N–H and O–H groups in total. The number of rotatable bonds is 1. The molecular formula is C18H22O. The molecule has 1 atom stereocenters. The number of hydrogen-bond donors (Lipinski definition) is 0. The van der Waals surface area contributed by atoms with Gasteiger partial charge in [0.2, 0.25) is 0 Å². The molecule has 19 heavy (non-hydrogen) atoms. The minimum Gasteiger partial charge on any atom is -0.482 e. The fourth-order valence-electron chi connectivity index (χ4n) is 2.11. The van der Waals surface area contributed by atoms with Gasteiger partial charge in [0, 0.05) is 12.0 Å². The lowest BCUT2D eigenvalue weighted by molar-refractivity contribution is 0.118. The quantitative estimate of drug-likeness (QED) is 0.669. The van der Waals surface area contributed by atoms with E-state index in [2.05, 4.69) is 38.7 Å². The SMILES string of the molecule is CC(C)(C)CC1=CCCC(C#Cc2ccccc2)O1. The Morgan fingerprint density at radius 2 is 1.95 bits per heavy atom. The van der Waals surface area contributed by atoms with Gasteiger partial charge in [-0.3, -0.25) is 0 Å². The zero-order valence-electron chi connectivity index (χ0n) is 12.1. The van der Waals surface area contributed by atoms with Gasteiger partial charge in [0.05, 0.1) is 5.76 Å². The maximum absolute atomic E-state index is 5.97. The predicted molar refractivity (Wildman–Crippen MR) is 79.6 cm³/mol. The smallest absolute Gasteiger partial charge is 0.159 e. The second kappa shape index (κ2) is 5.97. The van der Waals surface area contributed by atoms with Crippen LogP contribution < -0.4 is 0 Å². The summed E-state index contributed by atoms with van der Waals surface area (Å²) in [6, 6.07) is 10.1. The topological polar surface area (TPSA) is 9.23 Å². The number of benzene rings is 1.